The van der Waals surface area contributed by atoms with Crippen molar-refractivity contribution >= 4 is 35.1 Å². The van der Waals surface area contributed by atoms with Gasteiger partial charge in [-0.2, -0.15) is 0 Å². The van der Waals surface area contributed by atoms with Crippen molar-refractivity contribution in [2.24, 2.45) is 5.73 Å². The third-order valence-electron chi connectivity index (χ3n) is 5.42. The van der Waals surface area contributed by atoms with E-state index in [-0.39, 0.29) is 11.7 Å². The second kappa shape index (κ2) is 11.1. The fourth-order valence-electron chi connectivity index (χ4n) is 3.56. The predicted molar refractivity (Wildman–Crippen MR) is 130 cm³/mol. The van der Waals surface area contributed by atoms with Crippen LogP contribution in [-0.4, -0.2) is 70.7 Å². The first-order valence-corrected chi connectivity index (χ1v) is 11.9. The quantitative estimate of drug-likeness (QED) is 0.599. The van der Waals surface area contributed by atoms with E-state index in [1.807, 2.05) is 43.6 Å². The largest absolute Gasteiger partial charge is 0.378 e. The number of carbonyl (C=O) groups is 2. The van der Waals surface area contributed by atoms with Crippen molar-refractivity contribution in [3.05, 3.63) is 60.3 Å². The van der Waals surface area contributed by atoms with Crippen LogP contribution in [0.1, 0.15) is 22.6 Å². The van der Waals surface area contributed by atoms with Crippen LogP contribution in [0.15, 0.2) is 53.8 Å². The van der Waals surface area contributed by atoms with Gasteiger partial charge in [-0.05, 0) is 11.6 Å². The van der Waals surface area contributed by atoms with E-state index in [9.17, 15) is 9.59 Å². The second-order valence-electron chi connectivity index (χ2n) is 7.78. The van der Waals surface area contributed by atoms with Gasteiger partial charge < -0.3 is 20.3 Å². The Morgan fingerprint density at radius 2 is 1.94 bits per heavy atom. The molecule has 0 radical (unpaired) electrons. The van der Waals surface area contributed by atoms with Gasteiger partial charge in [0.05, 0.1) is 31.6 Å². The molecule has 1 saturated heterocycles. The number of benzene rings is 1. The number of nitrogens with zero attached hydrogens (tertiary/aromatic N) is 6. The Morgan fingerprint density at radius 1 is 1.18 bits per heavy atom. The van der Waals surface area contributed by atoms with E-state index in [0.29, 0.717) is 13.0 Å². The molecule has 178 valence electrons. The standard InChI is InChI=1S/C13H17N3O2S.C10H10N4O/c1-15-10-9-14-12(16-3-5-18-6-4-16)8-11(10)19-7-2-13(15)17;11-9(15)10-12-7-14(13-10)6-8-4-2-1-3-5-8/h8-9H,2-7H2,1H3;1-5,7H,6H2,(H2,11,15). The van der Waals surface area contributed by atoms with E-state index in [0.717, 1.165) is 54.0 Å². The van der Waals surface area contributed by atoms with Gasteiger partial charge in [0.25, 0.3) is 5.91 Å². The molecule has 11 heteroatoms. The van der Waals surface area contributed by atoms with Crippen molar-refractivity contribution in [2.45, 2.75) is 17.9 Å². The molecule has 34 heavy (non-hydrogen) atoms. The van der Waals surface area contributed by atoms with Crippen LogP contribution in [0.25, 0.3) is 0 Å². The number of anilines is 2. The number of primary amides is 1. The number of morpholine rings is 1. The minimum absolute atomic E-state index is 0.0472. The average Bonchev–Trinajstić information content (AvgIpc) is 3.28. The first-order valence-electron chi connectivity index (χ1n) is 11.0. The van der Waals surface area contributed by atoms with Gasteiger partial charge in [-0.1, -0.05) is 30.3 Å². The third-order valence-corrected chi connectivity index (χ3v) is 6.47. The number of nitrogens with two attached hydrogens (primary N) is 1. The molecule has 0 aliphatic carbocycles. The van der Waals surface area contributed by atoms with Crippen LogP contribution in [0.4, 0.5) is 11.5 Å². The molecule has 0 atom stereocenters. The van der Waals surface area contributed by atoms with Gasteiger partial charge in [0.2, 0.25) is 11.7 Å². The van der Waals surface area contributed by atoms with Crippen molar-refractivity contribution in [3.8, 4) is 0 Å². The van der Waals surface area contributed by atoms with Crippen LogP contribution < -0.4 is 15.5 Å². The highest BCUT2D eigenvalue weighted by molar-refractivity contribution is 7.99. The van der Waals surface area contributed by atoms with Gasteiger partial charge in [0.15, 0.2) is 0 Å². The molecule has 2 aliphatic rings. The molecule has 1 fully saturated rings. The first kappa shape index (κ1) is 23.7. The molecule has 0 saturated carbocycles. The molecular weight excluding hydrogens is 454 g/mol. The van der Waals surface area contributed by atoms with Crippen molar-refractivity contribution in [3.63, 3.8) is 0 Å². The molecule has 0 unspecified atom stereocenters. The Morgan fingerprint density at radius 3 is 2.65 bits per heavy atom. The van der Waals surface area contributed by atoms with Crippen LogP contribution in [0, 0.1) is 0 Å². The van der Waals surface area contributed by atoms with Crippen molar-refractivity contribution < 1.29 is 14.3 Å². The van der Waals surface area contributed by atoms with E-state index in [2.05, 4.69) is 26.0 Å². The maximum absolute atomic E-state index is 11.8. The van der Waals surface area contributed by atoms with Crippen molar-refractivity contribution in [1.82, 2.24) is 19.7 Å². The monoisotopic (exact) mass is 481 g/mol. The summed E-state index contributed by atoms with van der Waals surface area (Å²) in [4.78, 5) is 36.0. The number of rotatable bonds is 4. The Bertz CT molecular complexity index is 1130. The summed E-state index contributed by atoms with van der Waals surface area (Å²) in [6.45, 7) is 3.85. The topological polar surface area (TPSA) is 119 Å². The highest BCUT2D eigenvalue weighted by atomic mass is 32.2. The predicted octanol–water partition coefficient (Wildman–Crippen LogP) is 1.80. The smallest absolute Gasteiger partial charge is 0.288 e. The second-order valence-corrected chi connectivity index (χ2v) is 8.91. The zero-order valence-electron chi connectivity index (χ0n) is 19.0. The number of hydrogen-bond acceptors (Lipinski definition) is 8. The van der Waals surface area contributed by atoms with Crippen LogP contribution in [-0.2, 0) is 16.1 Å². The Balaban J connectivity index is 0.000000166. The number of fused-ring (bicyclic) bond motifs is 1. The first-order chi connectivity index (χ1) is 16.5. The normalized spacial score (nSPS) is 15.7. The minimum Gasteiger partial charge on any atom is -0.378 e. The molecule has 2 N–H and O–H groups in total. The van der Waals surface area contributed by atoms with Crippen LogP contribution in [0.3, 0.4) is 0 Å². The van der Waals surface area contributed by atoms with Gasteiger partial charge in [-0.25, -0.2) is 14.6 Å². The summed E-state index contributed by atoms with van der Waals surface area (Å²) in [6, 6.07) is 11.9. The average molecular weight is 482 g/mol. The Kier molecular flexibility index (Phi) is 7.76. The van der Waals surface area contributed by atoms with Crippen molar-refractivity contribution in [1.29, 1.82) is 0 Å². The zero-order chi connectivity index (χ0) is 23.9. The minimum atomic E-state index is -0.609. The summed E-state index contributed by atoms with van der Waals surface area (Å²) in [7, 11) is 1.82. The lowest BCUT2D eigenvalue weighted by atomic mass is 10.2. The van der Waals surface area contributed by atoms with Crippen LogP contribution in [0.2, 0.25) is 0 Å². The molecule has 1 aromatic carbocycles. The summed E-state index contributed by atoms with van der Waals surface area (Å²) < 4.78 is 6.94. The lowest BCUT2D eigenvalue weighted by Gasteiger charge is -2.28. The van der Waals surface area contributed by atoms with Crippen LogP contribution >= 0.6 is 11.8 Å². The maximum Gasteiger partial charge on any atom is 0.288 e. The summed E-state index contributed by atoms with van der Waals surface area (Å²) >= 11 is 1.73. The molecular formula is C23H27N7O3S. The molecule has 2 aromatic heterocycles. The summed E-state index contributed by atoms with van der Waals surface area (Å²) in [6.07, 6.45) is 3.90. The van der Waals surface area contributed by atoms with E-state index >= 15 is 0 Å². The highest BCUT2D eigenvalue weighted by Gasteiger charge is 2.21. The van der Waals surface area contributed by atoms with E-state index in [1.165, 1.54) is 6.33 Å². The molecule has 2 amide bonds. The summed E-state index contributed by atoms with van der Waals surface area (Å²) in [5, 5.41) is 3.94. The van der Waals surface area contributed by atoms with Crippen LogP contribution in [0.5, 0.6) is 0 Å². The van der Waals surface area contributed by atoms with Gasteiger partial charge in [-0.15, -0.1) is 16.9 Å². The number of aromatic nitrogens is 4. The molecule has 5 rings (SSSR count). The lowest BCUT2D eigenvalue weighted by Crippen LogP contribution is -2.36. The number of hydrogen-bond donors (Lipinski definition) is 1. The summed E-state index contributed by atoms with van der Waals surface area (Å²) in [5.74, 6) is 1.42. The Labute approximate surface area is 202 Å². The number of amides is 2. The van der Waals surface area contributed by atoms with Gasteiger partial charge in [0, 0.05) is 37.2 Å². The van der Waals surface area contributed by atoms with Crippen molar-refractivity contribution in [2.75, 3.05) is 48.9 Å². The molecule has 10 nitrogen and oxygen atoms in total. The van der Waals surface area contributed by atoms with Gasteiger partial charge in [0.1, 0.15) is 12.1 Å². The zero-order valence-corrected chi connectivity index (χ0v) is 19.8. The summed E-state index contributed by atoms with van der Waals surface area (Å²) in [5.41, 5.74) is 7.06. The molecule has 3 aromatic rings. The number of pyridine rings is 1. The lowest BCUT2D eigenvalue weighted by molar-refractivity contribution is -0.117. The van der Waals surface area contributed by atoms with E-state index in [1.54, 1.807) is 21.3 Å². The number of carbonyl (C=O) groups excluding carboxylic acids is 2. The molecule has 0 spiro atoms. The van der Waals surface area contributed by atoms with Gasteiger partial charge >= 0.3 is 0 Å². The number of ether oxygens (including phenoxy) is 1. The number of thioether (sulfide) groups is 1. The van der Waals surface area contributed by atoms with E-state index in [4.69, 9.17) is 10.5 Å². The van der Waals surface area contributed by atoms with Gasteiger partial charge in [-0.3, -0.25) is 9.59 Å². The highest BCUT2D eigenvalue weighted by Crippen LogP contribution is 2.35. The SMILES string of the molecule is CN1C(=O)CCSc2cc(N3CCOCC3)ncc21.NC(=O)c1ncn(Cc2ccccc2)n1. The fourth-order valence-corrected chi connectivity index (χ4v) is 4.58. The van der Waals surface area contributed by atoms with E-state index < -0.39 is 5.91 Å². The maximum atomic E-state index is 11.8. The molecule has 2 aliphatic heterocycles. The Hall–Kier alpha value is -3.44. The molecule has 0 bridgehead atoms. The fraction of sp³-hybridized carbons (Fsp3) is 0.348. The molecule has 4 heterocycles. The third kappa shape index (κ3) is 5.91.